The lowest BCUT2D eigenvalue weighted by Gasteiger charge is -2.29. The maximum atomic E-state index is 13.5. The normalized spacial score (nSPS) is 20.2. The Morgan fingerprint density at radius 3 is 2.76 bits per heavy atom. The van der Waals surface area contributed by atoms with Gasteiger partial charge in [-0.3, -0.25) is 9.52 Å². The Morgan fingerprint density at radius 1 is 1.38 bits per heavy atom. The predicted molar refractivity (Wildman–Crippen MR) is 70.8 cm³/mol. The SMILES string of the molecule is O=C(O)C1CCCN(S(=O)(=O)Nc2cccc(F)c2F)C1. The van der Waals surface area contributed by atoms with Crippen LogP contribution in [0.1, 0.15) is 12.8 Å². The van der Waals surface area contributed by atoms with E-state index >= 15 is 0 Å². The lowest BCUT2D eigenvalue weighted by atomic mass is 10.0. The molecule has 116 valence electrons. The molecular formula is C12H14F2N2O4S. The van der Waals surface area contributed by atoms with Gasteiger partial charge in [0, 0.05) is 13.1 Å². The first kappa shape index (κ1) is 15.6. The van der Waals surface area contributed by atoms with Crippen molar-refractivity contribution < 1.29 is 27.1 Å². The number of hydrogen-bond acceptors (Lipinski definition) is 3. The van der Waals surface area contributed by atoms with Crippen LogP contribution < -0.4 is 4.72 Å². The molecule has 1 unspecified atom stereocenters. The van der Waals surface area contributed by atoms with E-state index in [1.165, 1.54) is 6.07 Å². The Hall–Kier alpha value is -1.74. The molecule has 0 aliphatic carbocycles. The Bertz CT molecular complexity index is 651. The average molecular weight is 320 g/mol. The number of aliphatic carboxylic acids is 1. The standard InChI is InChI=1S/C12H14F2N2O4S/c13-9-4-1-5-10(11(9)14)15-21(19,20)16-6-2-3-8(7-16)12(17)18/h1,4-5,8,15H,2-3,6-7H2,(H,17,18). The van der Waals surface area contributed by atoms with Crippen molar-refractivity contribution in [1.29, 1.82) is 0 Å². The van der Waals surface area contributed by atoms with E-state index in [1.54, 1.807) is 0 Å². The fraction of sp³-hybridized carbons (Fsp3) is 0.417. The number of benzene rings is 1. The van der Waals surface area contributed by atoms with Crippen molar-refractivity contribution in [2.75, 3.05) is 17.8 Å². The van der Waals surface area contributed by atoms with E-state index in [-0.39, 0.29) is 13.1 Å². The minimum Gasteiger partial charge on any atom is -0.481 e. The summed E-state index contributed by atoms with van der Waals surface area (Å²) in [5, 5.41) is 8.94. The molecule has 0 bridgehead atoms. The van der Waals surface area contributed by atoms with Gasteiger partial charge in [0.2, 0.25) is 0 Å². The highest BCUT2D eigenvalue weighted by molar-refractivity contribution is 7.90. The van der Waals surface area contributed by atoms with E-state index in [9.17, 15) is 22.0 Å². The summed E-state index contributed by atoms with van der Waals surface area (Å²) >= 11 is 0. The number of nitrogens with zero attached hydrogens (tertiary/aromatic N) is 1. The maximum Gasteiger partial charge on any atom is 0.307 e. The summed E-state index contributed by atoms with van der Waals surface area (Å²) in [7, 11) is -4.13. The zero-order valence-electron chi connectivity index (χ0n) is 10.9. The van der Waals surface area contributed by atoms with Crippen LogP contribution >= 0.6 is 0 Å². The van der Waals surface area contributed by atoms with E-state index in [2.05, 4.69) is 0 Å². The molecule has 1 aromatic carbocycles. The van der Waals surface area contributed by atoms with Crippen molar-refractivity contribution in [2.24, 2.45) is 5.92 Å². The third kappa shape index (κ3) is 3.48. The topological polar surface area (TPSA) is 86.7 Å². The molecule has 0 spiro atoms. The van der Waals surface area contributed by atoms with Crippen LogP contribution in [0.15, 0.2) is 18.2 Å². The number of carbonyl (C=O) groups is 1. The third-order valence-corrected chi connectivity index (χ3v) is 4.75. The molecule has 1 atom stereocenters. The minimum absolute atomic E-state index is 0.135. The molecule has 0 radical (unpaired) electrons. The van der Waals surface area contributed by atoms with Crippen molar-refractivity contribution in [3.63, 3.8) is 0 Å². The van der Waals surface area contributed by atoms with Gasteiger partial charge < -0.3 is 5.11 Å². The number of carboxylic acids is 1. The number of anilines is 1. The molecule has 6 nitrogen and oxygen atoms in total. The number of carboxylic acid groups (broad SMARTS) is 1. The van der Waals surface area contributed by atoms with Gasteiger partial charge in [0.25, 0.3) is 0 Å². The van der Waals surface area contributed by atoms with Crippen LogP contribution in [0.2, 0.25) is 0 Å². The van der Waals surface area contributed by atoms with Gasteiger partial charge in [-0.1, -0.05) is 6.07 Å². The largest absolute Gasteiger partial charge is 0.481 e. The first-order valence-electron chi connectivity index (χ1n) is 6.26. The van der Waals surface area contributed by atoms with Crippen molar-refractivity contribution in [1.82, 2.24) is 4.31 Å². The quantitative estimate of drug-likeness (QED) is 0.878. The Labute approximate surface area is 120 Å². The zero-order valence-corrected chi connectivity index (χ0v) is 11.7. The zero-order chi connectivity index (χ0) is 15.6. The molecule has 1 fully saturated rings. The number of nitrogens with one attached hydrogen (secondary N) is 1. The van der Waals surface area contributed by atoms with Crippen LogP contribution in [-0.2, 0) is 15.0 Å². The second-order valence-electron chi connectivity index (χ2n) is 4.74. The molecule has 1 heterocycles. The number of hydrogen-bond donors (Lipinski definition) is 2. The Morgan fingerprint density at radius 2 is 2.10 bits per heavy atom. The van der Waals surface area contributed by atoms with Gasteiger partial charge in [0.15, 0.2) is 11.6 Å². The molecular weight excluding hydrogens is 306 g/mol. The fourth-order valence-corrected chi connectivity index (χ4v) is 3.46. The van der Waals surface area contributed by atoms with Crippen LogP contribution in [0.25, 0.3) is 0 Å². The monoisotopic (exact) mass is 320 g/mol. The smallest absolute Gasteiger partial charge is 0.307 e. The van der Waals surface area contributed by atoms with Gasteiger partial charge in [-0.05, 0) is 25.0 Å². The summed E-state index contributed by atoms with van der Waals surface area (Å²) < 4.78 is 53.7. The summed E-state index contributed by atoms with van der Waals surface area (Å²) in [5.74, 6) is -4.34. The van der Waals surface area contributed by atoms with Crippen LogP contribution in [0.3, 0.4) is 0 Å². The molecule has 9 heteroatoms. The molecule has 1 saturated heterocycles. The van der Waals surface area contributed by atoms with E-state index in [0.717, 1.165) is 16.4 Å². The van der Waals surface area contributed by atoms with Crippen molar-refractivity contribution in [2.45, 2.75) is 12.8 Å². The molecule has 0 aromatic heterocycles. The first-order valence-corrected chi connectivity index (χ1v) is 7.70. The molecule has 2 rings (SSSR count). The van der Waals surface area contributed by atoms with E-state index in [1.807, 2.05) is 4.72 Å². The van der Waals surface area contributed by atoms with Gasteiger partial charge in [0.05, 0.1) is 11.6 Å². The number of rotatable bonds is 4. The maximum absolute atomic E-state index is 13.5. The van der Waals surface area contributed by atoms with Crippen molar-refractivity contribution >= 4 is 21.9 Å². The highest BCUT2D eigenvalue weighted by atomic mass is 32.2. The van der Waals surface area contributed by atoms with E-state index in [0.29, 0.717) is 12.8 Å². The van der Waals surface area contributed by atoms with Gasteiger partial charge in [-0.2, -0.15) is 12.7 Å². The number of halogens is 2. The summed E-state index contributed by atoms with van der Waals surface area (Å²) in [6.07, 6.45) is 0.777. The molecule has 1 aromatic rings. The fourth-order valence-electron chi connectivity index (χ4n) is 2.15. The van der Waals surface area contributed by atoms with Crippen molar-refractivity contribution in [3.8, 4) is 0 Å². The highest BCUT2D eigenvalue weighted by Gasteiger charge is 2.32. The Balaban J connectivity index is 2.18. The molecule has 1 aliphatic heterocycles. The Kier molecular flexibility index (Phi) is 4.43. The molecule has 0 saturated carbocycles. The number of piperidine rings is 1. The van der Waals surface area contributed by atoms with E-state index < -0.39 is 39.4 Å². The van der Waals surface area contributed by atoms with Crippen LogP contribution in [0.5, 0.6) is 0 Å². The molecule has 0 amide bonds. The van der Waals surface area contributed by atoms with Gasteiger partial charge in [-0.25, -0.2) is 8.78 Å². The lowest BCUT2D eigenvalue weighted by Crippen LogP contribution is -2.44. The summed E-state index contributed by atoms with van der Waals surface area (Å²) in [6, 6.07) is 3.13. The summed E-state index contributed by atoms with van der Waals surface area (Å²) in [5.41, 5.74) is -0.507. The second kappa shape index (κ2) is 5.94. The third-order valence-electron chi connectivity index (χ3n) is 3.26. The molecule has 2 N–H and O–H groups in total. The van der Waals surface area contributed by atoms with Gasteiger partial charge >= 0.3 is 16.2 Å². The second-order valence-corrected chi connectivity index (χ2v) is 6.41. The van der Waals surface area contributed by atoms with Gasteiger partial charge in [-0.15, -0.1) is 0 Å². The van der Waals surface area contributed by atoms with Crippen LogP contribution in [0.4, 0.5) is 14.5 Å². The average Bonchev–Trinajstić information content (AvgIpc) is 2.44. The van der Waals surface area contributed by atoms with Gasteiger partial charge in [0.1, 0.15) is 0 Å². The summed E-state index contributed by atoms with van der Waals surface area (Å²) in [4.78, 5) is 10.9. The predicted octanol–water partition coefficient (Wildman–Crippen LogP) is 1.42. The first-order chi connectivity index (χ1) is 9.81. The lowest BCUT2D eigenvalue weighted by molar-refractivity contribution is -0.142. The van der Waals surface area contributed by atoms with E-state index in [4.69, 9.17) is 5.11 Å². The van der Waals surface area contributed by atoms with Crippen LogP contribution in [0, 0.1) is 17.6 Å². The molecule has 21 heavy (non-hydrogen) atoms. The highest BCUT2D eigenvalue weighted by Crippen LogP contribution is 2.23. The van der Waals surface area contributed by atoms with Crippen molar-refractivity contribution in [3.05, 3.63) is 29.8 Å². The molecule has 1 aliphatic rings. The van der Waals surface area contributed by atoms with Crippen LogP contribution in [-0.4, -0.2) is 36.9 Å². The minimum atomic E-state index is -4.13. The summed E-state index contributed by atoms with van der Waals surface area (Å²) in [6.45, 7) is -0.0579.